The second-order valence-electron chi connectivity index (χ2n) is 9.26. The van der Waals surface area contributed by atoms with Gasteiger partial charge < -0.3 is 10.3 Å². The Labute approximate surface area is 213 Å². The number of rotatable bonds is 6. The SMILES string of the molecule is CS(=O)(=O)NCc1cc(F)cc(-c2ccnc3[nH]c(-c4n[nH]c5ccc(C6=CCNCC6)cc45)cc23)c1. The maximum absolute atomic E-state index is 14.5. The number of nitrogens with one attached hydrogen (secondary N) is 4. The number of aromatic nitrogens is 4. The van der Waals surface area contributed by atoms with Crippen LogP contribution in [0.15, 0.2) is 60.8 Å². The molecule has 2 aromatic carbocycles. The molecule has 8 nitrogen and oxygen atoms in total. The lowest BCUT2D eigenvalue weighted by Crippen LogP contribution is -2.21. The van der Waals surface area contributed by atoms with Crippen LogP contribution >= 0.6 is 0 Å². The minimum atomic E-state index is -3.40. The van der Waals surface area contributed by atoms with Crippen LogP contribution in [0.2, 0.25) is 0 Å². The number of sulfonamides is 1. The number of halogens is 1. The second kappa shape index (κ2) is 9.22. The molecule has 1 aliphatic rings. The van der Waals surface area contributed by atoms with Crippen LogP contribution in [0, 0.1) is 5.82 Å². The predicted octanol–water partition coefficient (Wildman–Crippen LogP) is 4.34. The molecule has 0 unspecified atom stereocenters. The lowest BCUT2D eigenvalue weighted by atomic mass is 9.98. The van der Waals surface area contributed by atoms with E-state index in [-0.39, 0.29) is 6.54 Å². The Hall–Kier alpha value is -3.86. The van der Waals surface area contributed by atoms with Gasteiger partial charge in [-0.3, -0.25) is 5.10 Å². The molecule has 5 aromatic rings. The Bertz CT molecular complexity index is 1790. The van der Waals surface area contributed by atoms with Crippen LogP contribution in [0.5, 0.6) is 0 Å². The zero-order chi connectivity index (χ0) is 25.6. The molecule has 0 fully saturated rings. The van der Waals surface area contributed by atoms with Gasteiger partial charge in [-0.25, -0.2) is 22.5 Å². The van der Waals surface area contributed by atoms with Crippen LogP contribution in [-0.2, 0) is 16.6 Å². The summed E-state index contributed by atoms with van der Waals surface area (Å²) in [5, 5.41) is 12.9. The summed E-state index contributed by atoms with van der Waals surface area (Å²) in [5.41, 5.74) is 7.62. The van der Waals surface area contributed by atoms with Crippen LogP contribution < -0.4 is 10.0 Å². The largest absolute Gasteiger partial charge is 0.338 e. The van der Waals surface area contributed by atoms with E-state index in [1.54, 1.807) is 12.3 Å². The smallest absolute Gasteiger partial charge is 0.209 e. The van der Waals surface area contributed by atoms with Gasteiger partial charge in [0.1, 0.15) is 17.2 Å². The van der Waals surface area contributed by atoms with E-state index >= 15 is 0 Å². The van der Waals surface area contributed by atoms with Crippen molar-refractivity contribution < 1.29 is 12.8 Å². The first-order valence-electron chi connectivity index (χ1n) is 11.9. The highest BCUT2D eigenvalue weighted by molar-refractivity contribution is 7.88. The molecule has 37 heavy (non-hydrogen) atoms. The summed E-state index contributed by atoms with van der Waals surface area (Å²) < 4.78 is 39.9. The summed E-state index contributed by atoms with van der Waals surface area (Å²) in [4.78, 5) is 7.86. The monoisotopic (exact) mass is 516 g/mol. The van der Waals surface area contributed by atoms with E-state index < -0.39 is 15.8 Å². The fourth-order valence-corrected chi connectivity index (χ4v) is 5.26. The number of benzene rings is 2. The quantitative estimate of drug-likeness (QED) is 0.268. The van der Waals surface area contributed by atoms with Crippen molar-refractivity contribution >= 4 is 37.5 Å². The first-order valence-corrected chi connectivity index (χ1v) is 13.8. The fraction of sp³-hybridized carbons (Fsp3) is 0.185. The summed E-state index contributed by atoms with van der Waals surface area (Å²) in [5.74, 6) is -0.443. The predicted molar refractivity (Wildman–Crippen MR) is 144 cm³/mol. The minimum Gasteiger partial charge on any atom is -0.338 e. The Balaban J connectivity index is 1.42. The third-order valence-electron chi connectivity index (χ3n) is 6.59. The highest BCUT2D eigenvalue weighted by Crippen LogP contribution is 2.35. The van der Waals surface area contributed by atoms with E-state index in [4.69, 9.17) is 0 Å². The van der Waals surface area contributed by atoms with E-state index in [1.807, 2.05) is 12.1 Å². The van der Waals surface area contributed by atoms with Gasteiger partial charge in [-0.05, 0) is 83.3 Å². The van der Waals surface area contributed by atoms with E-state index in [2.05, 4.69) is 54.5 Å². The number of hydrogen-bond acceptors (Lipinski definition) is 5. The number of H-pyrrole nitrogens is 2. The van der Waals surface area contributed by atoms with Gasteiger partial charge in [-0.1, -0.05) is 12.1 Å². The van der Waals surface area contributed by atoms with Crippen molar-refractivity contribution in [2.24, 2.45) is 0 Å². The molecule has 4 heterocycles. The van der Waals surface area contributed by atoms with E-state index in [1.165, 1.54) is 23.3 Å². The molecular formula is C27H25FN6O2S. The van der Waals surface area contributed by atoms with Crippen molar-refractivity contribution in [2.45, 2.75) is 13.0 Å². The van der Waals surface area contributed by atoms with Gasteiger partial charge in [-0.15, -0.1) is 0 Å². The molecule has 3 aromatic heterocycles. The lowest BCUT2D eigenvalue weighted by Gasteiger charge is -2.14. The Morgan fingerprint density at radius 3 is 2.76 bits per heavy atom. The zero-order valence-electron chi connectivity index (χ0n) is 20.1. The maximum atomic E-state index is 14.5. The Morgan fingerprint density at radius 2 is 1.95 bits per heavy atom. The van der Waals surface area contributed by atoms with Gasteiger partial charge in [0.05, 0.1) is 17.5 Å². The highest BCUT2D eigenvalue weighted by atomic mass is 32.2. The van der Waals surface area contributed by atoms with E-state index in [0.29, 0.717) is 16.8 Å². The summed E-state index contributed by atoms with van der Waals surface area (Å²) in [7, 11) is -3.40. The number of nitrogens with zero attached hydrogens (tertiary/aromatic N) is 2. The average molecular weight is 517 g/mol. The molecule has 0 atom stereocenters. The van der Waals surface area contributed by atoms with Gasteiger partial charge in [0.15, 0.2) is 0 Å². The van der Waals surface area contributed by atoms with Crippen molar-refractivity contribution in [1.82, 2.24) is 30.2 Å². The molecule has 6 rings (SSSR count). The molecule has 0 amide bonds. The van der Waals surface area contributed by atoms with Gasteiger partial charge in [0, 0.05) is 30.1 Å². The molecule has 4 N–H and O–H groups in total. The Morgan fingerprint density at radius 1 is 1.05 bits per heavy atom. The molecule has 1 aliphatic heterocycles. The molecule has 0 bridgehead atoms. The first kappa shape index (κ1) is 23.5. The van der Waals surface area contributed by atoms with Crippen LogP contribution in [0.3, 0.4) is 0 Å². The normalized spacial score (nSPS) is 14.4. The molecule has 0 radical (unpaired) electrons. The molecule has 0 saturated carbocycles. The third kappa shape index (κ3) is 4.78. The number of fused-ring (bicyclic) bond motifs is 2. The zero-order valence-corrected chi connectivity index (χ0v) is 20.9. The van der Waals surface area contributed by atoms with Crippen molar-refractivity contribution in [3.63, 3.8) is 0 Å². The van der Waals surface area contributed by atoms with Crippen LogP contribution in [0.1, 0.15) is 17.5 Å². The second-order valence-corrected chi connectivity index (χ2v) is 11.1. The molecule has 10 heteroatoms. The minimum absolute atomic E-state index is 0.00426. The molecular weight excluding hydrogens is 491 g/mol. The molecule has 188 valence electrons. The van der Waals surface area contributed by atoms with Crippen molar-refractivity contribution in [2.75, 3.05) is 19.3 Å². The molecule has 0 aliphatic carbocycles. The fourth-order valence-electron chi connectivity index (χ4n) is 4.83. The lowest BCUT2D eigenvalue weighted by molar-refractivity contribution is 0.586. The van der Waals surface area contributed by atoms with Crippen LogP contribution in [-0.4, -0.2) is 47.9 Å². The number of hydrogen-bond donors (Lipinski definition) is 4. The van der Waals surface area contributed by atoms with Gasteiger partial charge in [0.2, 0.25) is 10.0 Å². The number of aromatic amines is 2. The van der Waals surface area contributed by atoms with E-state index in [9.17, 15) is 12.8 Å². The van der Waals surface area contributed by atoms with Gasteiger partial charge >= 0.3 is 0 Å². The summed E-state index contributed by atoms with van der Waals surface area (Å²) in [6, 6.07) is 14.7. The average Bonchev–Trinajstić information content (AvgIpc) is 3.51. The van der Waals surface area contributed by atoms with Crippen molar-refractivity contribution in [3.05, 3.63) is 77.7 Å². The maximum Gasteiger partial charge on any atom is 0.209 e. The topological polar surface area (TPSA) is 116 Å². The van der Waals surface area contributed by atoms with E-state index in [0.717, 1.165) is 59.0 Å². The first-order chi connectivity index (χ1) is 17.8. The molecule has 0 spiro atoms. The summed E-state index contributed by atoms with van der Waals surface area (Å²) >= 11 is 0. The Kier molecular flexibility index (Phi) is 5.86. The van der Waals surface area contributed by atoms with Gasteiger partial charge in [-0.2, -0.15) is 5.10 Å². The van der Waals surface area contributed by atoms with Gasteiger partial charge in [0.25, 0.3) is 0 Å². The molecule has 0 saturated heterocycles. The summed E-state index contributed by atoms with van der Waals surface area (Å²) in [6.07, 6.45) is 5.95. The number of pyridine rings is 1. The van der Waals surface area contributed by atoms with Crippen molar-refractivity contribution in [1.29, 1.82) is 0 Å². The summed E-state index contributed by atoms with van der Waals surface area (Å²) in [6.45, 7) is 1.84. The third-order valence-corrected chi connectivity index (χ3v) is 7.26. The van der Waals surface area contributed by atoms with Crippen molar-refractivity contribution in [3.8, 4) is 22.5 Å². The van der Waals surface area contributed by atoms with Crippen LogP contribution in [0.25, 0.3) is 50.0 Å². The highest BCUT2D eigenvalue weighted by Gasteiger charge is 2.16. The van der Waals surface area contributed by atoms with Crippen LogP contribution in [0.4, 0.5) is 4.39 Å². The standard InChI is InChI=1S/C27H25FN6O2S/c1-37(35,36)31-15-16-10-19(12-20(28)11-16)21-6-9-30-27-22(21)14-25(32-27)26-23-13-18(2-3-24(23)33-34-26)17-4-7-29-8-5-17/h2-4,6,9-14,29,31H,5,7-8,15H2,1H3,(H,30,32)(H,33,34).